The molecule has 206 valence electrons. The summed E-state index contributed by atoms with van der Waals surface area (Å²) in [4.78, 5) is 13.2. The van der Waals surface area contributed by atoms with E-state index >= 15 is 0 Å². The minimum absolute atomic E-state index is 0.00936. The maximum absolute atomic E-state index is 13.2. The molecule has 36 heavy (non-hydrogen) atoms. The largest absolute Gasteiger partial charge is 0.471 e. The van der Waals surface area contributed by atoms with E-state index in [9.17, 15) is 4.79 Å². The number of hydrogen-bond donors (Lipinski definition) is 0. The summed E-state index contributed by atoms with van der Waals surface area (Å²) in [5, 5.41) is 1.42. The minimum atomic E-state index is -1.90. The Morgan fingerprint density at radius 2 is 1.67 bits per heavy atom. The predicted molar refractivity (Wildman–Crippen MR) is 161 cm³/mol. The third-order valence-electron chi connectivity index (χ3n) is 9.70. The third-order valence-corrected chi connectivity index (χ3v) is 21.2. The van der Waals surface area contributed by atoms with Gasteiger partial charge in [0.05, 0.1) is 12.0 Å². The molecule has 1 aromatic heterocycles. The van der Waals surface area contributed by atoms with E-state index in [1.165, 1.54) is 16.5 Å². The van der Waals surface area contributed by atoms with Crippen LogP contribution in [0.5, 0.6) is 0 Å². The first-order chi connectivity index (χ1) is 16.5. The summed E-state index contributed by atoms with van der Waals surface area (Å²) in [5.41, 5.74) is 4.31. The molecule has 0 amide bonds. The van der Waals surface area contributed by atoms with Crippen LogP contribution in [0.4, 0.5) is 0 Å². The van der Waals surface area contributed by atoms with E-state index in [0.29, 0.717) is 41.9 Å². The van der Waals surface area contributed by atoms with Crippen molar-refractivity contribution in [2.75, 3.05) is 6.61 Å². The summed E-state index contributed by atoms with van der Waals surface area (Å²) in [7, 11) is -3.66. The standard InChI is InChI=1S/C31H56O3Si2/c1-21(2)36(22(3)4,23(5)6)33-18-17-24(7)27-15-14-16-29(32)28(27)20-26-19-25(8)30(34-26)35(12,13)31(9,10)11/h17,19,21-23,27-28H,14-16,18,20H2,1-13H3/b24-17+/t27-,28-/m0/s1. The number of aryl methyl sites for hydroxylation is 1. The van der Waals surface area contributed by atoms with Gasteiger partial charge in [-0.25, -0.2) is 0 Å². The summed E-state index contributed by atoms with van der Waals surface area (Å²) in [6.45, 7) is 30.9. The second-order valence-corrected chi connectivity index (χ2v) is 24.6. The number of rotatable bonds is 10. The van der Waals surface area contributed by atoms with Crippen molar-refractivity contribution in [1.29, 1.82) is 0 Å². The Balaban J connectivity index is 2.26. The zero-order valence-corrected chi connectivity index (χ0v) is 27.8. The molecule has 1 aliphatic rings. The lowest BCUT2D eigenvalue weighted by Crippen LogP contribution is -2.49. The Morgan fingerprint density at radius 3 is 2.17 bits per heavy atom. The number of ketones is 1. The first-order valence-corrected chi connectivity index (χ1v) is 19.5. The van der Waals surface area contributed by atoms with Gasteiger partial charge < -0.3 is 8.84 Å². The number of Topliss-reactive ketones (excluding diaryl/α,β-unsaturated/α-hetero) is 1. The molecule has 0 saturated heterocycles. The molecule has 1 heterocycles. The van der Waals surface area contributed by atoms with Gasteiger partial charge in [-0.15, -0.1) is 0 Å². The first kappa shape index (κ1) is 31.3. The molecular weight excluding hydrogens is 477 g/mol. The van der Waals surface area contributed by atoms with Gasteiger partial charge in [0.2, 0.25) is 8.32 Å². The Bertz CT molecular complexity index is 893. The fraction of sp³-hybridized carbons (Fsp3) is 0.774. The minimum Gasteiger partial charge on any atom is -0.471 e. The first-order valence-electron chi connectivity index (χ1n) is 14.4. The van der Waals surface area contributed by atoms with Gasteiger partial charge in [-0.3, -0.25) is 4.79 Å². The van der Waals surface area contributed by atoms with Crippen LogP contribution in [0.25, 0.3) is 0 Å². The van der Waals surface area contributed by atoms with Gasteiger partial charge in [-0.05, 0) is 65.9 Å². The molecule has 1 aromatic rings. The average Bonchev–Trinajstić information content (AvgIpc) is 3.11. The molecule has 2 atom stereocenters. The fourth-order valence-electron chi connectivity index (χ4n) is 6.70. The summed E-state index contributed by atoms with van der Waals surface area (Å²) >= 11 is 0. The molecule has 1 saturated carbocycles. The van der Waals surface area contributed by atoms with Gasteiger partial charge >= 0.3 is 0 Å². The van der Waals surface area contributed by atoms with Crippen LogP contribution >= 0.6 is 0 Å². The smallest absolute Gasteiger partial charge is 0.200 e. The van der Waals surface area contributed by atoms with E-state index in [4.69, 9.17) is 8.84 Å². The molecule has 2 rings (SSSR count). The molecule has 0 aromatic carbocycles. The lowest BCUT2D eigenvalue weighted by Gasteiger charge is -2.42. The average molecular weight is 533 g/mol. The van der Waals surface area contributed by atoms with Crippen molar-refractivity contribution >= 4 is 27.6 Å². The molecule has 0 bridgehead atoms. The summed E-state index contributed by atoms with van der Waals surface area (Å²) < 4.78 is 13.4. The van der Waals surface area contributed by atoms with Crippen molar-refractivity contribution in [2.24, 2.45) is 11.8 Å². The Morgan fingerprint density at radius 1 is 1.11 bits per heavy atom. The Hall–Kier alpha value is -0.916. The van der Waals surface area contributed by atoms with Gasteiger partial charge in [-0.2, -0.15) is 0 Å². The molecular formula is C31H56O3Si2. The second-order valence-electron chi connectivity index (χ2n) is 14.0. The van der Waals surface area contributed by atoms with Crippen molar-refractivity contribution in [1.82, 2.24) is 0 Å². The lowest BCUT2D eigenvalue weighted by molar-refractivity contribution is -0.126. The molecule has 0 unspecified atom stereocenters. The van der Waals surface area contributed by atoms with Crippen LogP contribution in [0.3, 0.4) is 0 Å². The molecule has 5 heteroatoms. The van der Waals surface area contributed by atoms with Crippen molar-refractivity contribution in [3.05, 3.63) is 29.0 Å². The fourth-order valence-corrected chi connectivity index (χ4v) is 14.2. The van der Waals surface area contributed by atoms with Crippen LogP contribution in [0, 0.1) is 18.8 Å². The maximum Gasteiger partial charge on any atom is 0.200 e. The van der Waals surface area contributed by atoms with Gasteiger partial charge in [0, 0.05) is 18.8 Å². The van der Waals surface area contributed by atoms with Crippen LogP contribution in [0.15, 0.2) is 22.1 Å². The zero-order chi connectivity index (χ0) is 27.6. The lowest BCUT2D eigenvalue weighted by atomic mass is 9.73. The van der Waals surface area contributed by atoms with Crippen LogP contribution in [0.1, 0.15) is 99.8 Å². The van der Waals surface area contributed by atoms with Crippen LogP contribution in [0.2, 0.25) is 34.8 Å². The van der Waals surface area contributed by atoms with Crippen LogP contribution < -0.4 is 5.38 Å². The SMILES string of the molecule is C/C(=C\CO[Si](C(C)C)(C(C)C)C(C)C)[C@@H]1CCCC(=O)[C@H]1Cc1cc(C)c([Si](C)(C)C(C)(C)C)o1. The highest BCUT2D eigenvalue weighted by atomic mass is 28.4. The van der Waals surface area contributed by atoms with Crippen molar-refractivity contribution in [2.45, 2.75) is 137 Å². The van der Waals surface area contributed by atoms with Crippen LogP contribution in [-0.4, -0.2) is 28.8 Å². The van der Waals surface area contributed by atoms with E-state index < -0.39 is 16.4 Å². The predicted octanol–water partition coefficient (Wildman–Crippen LogP) is 8.97. The number of hydrogen-bond acceptors (Lipinski definition) is 3. The molecule has 3 nitrogen and oxygen atoms in total. The molecule has 1 aliphatic carbocycles. The molecule has 1 fully saturated rings. The highest BCUT2D eigenvalue weighted by Gasteiger charge is 2.45. The van der Waals surface area contributed by atoms with Crippen molar-refractivity contribution < 1.29 is 13.6 Å². The second kappa shape index (κ2) is 11.9. The van der Waals surface area contributed by atoms with E-state index in [2.05, 4.69) is 101 Å². The number of carbonyl (C=O) groups excluding carboxylic acids is 1. The number of allylic oxidation sites excluding steroid dienone is 1. The highest BCUT2D eigenvalue weighted by Crippen LogP contribution is 2.43. The van der Waals surface area contributed by atoms with Crippen LogP contribution in [-0.2, 0) is 15.6 Å². The maximum atomic E-state index is 13.2. The number of carbonyl (C=O) groups is 1. The Labute approximate surface area is 225 Å². The molecule has 0 N–H and O–H groups in total. The van der Waals surface area contributed by atoms with E-state index in [1.54, 1.807) is 0 Å². The van der Waals surface area contributed by atoms with Gasteiger partial charge in [0.1, 0.15) is 19.6 Å². The van der Waals surface area contributed by atoms with Gasteiger partial charge in [0.25, 0.3) is 0 Å². The molecule has 0 spiro atoms. The topological polar surface area (TPSA) is 39.4 Å². The quantitative estimate of drug-likeness (QED) is 0.223. The highest BCUT2D eigenvalue weighted by molar-refractivity contribution is 6.91. The Kier molecular flexibility index (Phi) is 10.3. The van der Waals surface area contributed by atoms with Gasteiger partial charge in [0.15, 0.2) is 0 Å². The normalized spacial score (nSPS) is 20.8. The summed E-state index contributed by atoms with van der Waals surface area (Å²) in [6.07, 6.45) is 5.77. The molecule has 0 radical (unpaired) electrons. The molecule has 0 aliphatic heterocycles. The monoisotopic (exact) mass is 532 g/mol. The summed E-state index contributed by atoms with van der Waals surface area (Å²) in [6, 6.07) is 2.21. The van der Waals surface area contributed by atoms with E-state index in [1.807, 2.05) is 0 Å². The van der Waals surface area contributed by atoms with Crippen molar-refractivity contribution in [3.8, 4) is 0 Å². The van der Waals surface area contributed by atoms with E-state index in [0.717, 1.165) is 18.6 Å². The zero-order valence-electron chi connectivity index (χ0n) is 25.8. The van der Waals surface area contributed by atoms with Crippen molar-refractivity contribution in [3.63, 3.8) is 0 Å². The summed E-state index contributed by atoms with van der Waals surface area (Å²) in [5.74, 6) is 1.69. The van der Waals surface area contributed by atoms with E-state index in [-0.39, 0.29) is 16.9 Å². The van der Waals surface area contributed by atoms with Gasteiger partial charge in [-0.1, -0.05) is 87.1 Å². The third kappa shape index (κ3) is 6.38. The number of furan rings is 1.